The van der Waals surface area contributed by atoms with Crippen LogP contribution in [0.4, 0.5) is 0 Å². The fourth-order valence-corrected chi connectivity index (χ4v) is 3.36. The van der Waals surface area contributed by atoms with E-state index in [2.05, 4.69) is 17.1 Å². The molecule has 1 aliphatic heterocycles. The highest BCUT2D eigenvalue weighted by Gasteiger charge is 2.16. The first-order valence-corrected chi connectivity index (χ1v) is 8.75. The third-order valence-corrected chi connectivity index (χ3v) is 4.94. The summed E-state index contributed by atoms with van der Waals surface area (Å²) >= 11 is 0. The lowest BCUT2D eigenvalue weighted by atomic mass is 9.99. The monoisotopic (exact) mass is 326 g/mol. The summed E-state index contributed by atoms with van der Waals surface area (Å²) in [6.45, 7) is 6.21. The minimum Gasteiger partial charge on any atom is -0.496 e. The Morgan fingerprint density at radius 3 is 2.58 bits per heavy atom. The molecule has 128 valence electrons. The summed E-state index contributed by atoms with van der Waals surface area (Å²) in [7, 11) is 1.65. The van der Waals surface area contributed by atoms with Gasteiger partial charge in [0.1, 0.15) is 5.75 Å². The highest BCUT2D eigenvalue weighted by Crippen LogP contribution is 2.28. The Bertz CT molecular complexity index is 706. The van der Waals surface area contributed by atoms with E-state index in [1.54, 1.807) is 7.11 Å². The number of nitrogens with one attached hydrogen (secondary N) is 1. The van der Waals surface area contributed by atoms with Gasteiger partial charge in [-0.05, 0) is 49.4 Å². The van der Waals surface area contributed by atoms with E-state index in [1.807, 2.05) is 36.4 Å². The maximum atomic E-state index is 12.6. The number of likely N-dealkylation sites (tertiary alicyclic amines) is 1. The minimum absolute atomic E-state index is 0.0146. The summed E-state index contributed by atoms with van der Waals surface area (Å²) in [6, 6.07) is 11.6. The van der Waals surface area contributed by atoms with E-state index in [0.29, 0.717) is 12.1 Å². The summed E-state index contributed by atoms with van der Waals surface area (Å²) in [5.41, 5.74) is 0.707. The van der Waals surface area contributed by atoms with Crippen molar-refractivity contribution in [3.63, 3.8) is 0 Å². The van der Waals surface area contributed by atoms with Crippen LogP contribution in [0.15, 0.2) is 36.4 Å². The van der Waals surface area contributed by atoms with Crippen molar-refractivity contribution in [3.8, 4) is 5.75 Å². The lowest BCUT2D eigenvalue weighted by Gasteiger charge is -2.30. The molecule has 4 heteroatoms. The molecule has 24 heavy (non-hydrogen) atoms. The number of hydrogen-bond acceptors (Lipinski definition) is 3. The Kier molecular flexibility index (Phi) is 5.36. The number of fused-ring (bicyclic) bond motifs is 1. The second kappa shape index (κ2) is 7.67. The van der Waals surface area contributed by atoms with Gasteiger partial charge in [-0.25, -0.2) is 0 Å². The van der Waals surface area contributed by atoms with E-state index in [0.717, 1.165) is 42.1 Å². The molecule has 1 fully saturated rings. The minimum atomic E-state index is -0.0146. The number of hydrogen-bond donors (Lipinski definition) is 1. The molecule has 4 nitrogen and oxygen atoms in total. The van der Waals surface area contributed by atoms with Gasteiger partial charge in [0.2, 0.25) is 0 Å². The SMILES string of the molecule is COc1ccc(C(=O)NCCN2CCC(C)CC2)c2ccccc12. The zero-order chi connectivity index (χ0) is 16.9. The molecule has 0 atom stereocenters. The molecule has 0 radical (unpaired) electrons. The fraction of sp³-hybridized carbons (Fsp3) is 0.450. The molecule has 0 saturated carbocycles. The molecule has 1 N–H and O–H groups in total. The zero-order valence-corrected chi connectivity index (χ0v) is 14.5. The zero-order valence-electron chi connectivity index (χ0n) is 14.5. The number of benzene rings is 2. The first-order valence-electron chi connectivity index (χ1n) is 8.75. The van der Waals surface area contributed by atoms with Crippen molar-refractivity contribution in [2.75, 3.05) is 33.3 Å². The molecule has 2 aromatic rings. The van der Waals surface area contributed by atoms with Crippen molar-refractivity contribution in [1.29, 1.82) is 0 Å². The van der Waals surface area contributed by atoms with E-state index in [1.165, 1.54) is 12.8 Å². The van der Waals surface area contributed by atoms with E-state index >= 15 is 0 Å². The van der Waals surface area contributed by atoms with Gasteiger partial charge in [0.25, 0.3) is 5.91 Å². The molecule has 0 aromatic heterocycles. The van der Waals surface area contributed by atoms with Crippen LogP contribution in [0.3, 0.4) is 0 Å². The van der Waals surface area contributed by atoms with Crippen LogP contribution in [0.1, 0.15) is 30.1 Å². The summed E-state index contributed by atoms with van der Waals surface area (Å²) in [5.74, 6) is 1.62. The second-order valence-electron chi connectivity index (χ2n) is 6.64. The highest BCUT2D eigenvalue weighted by molar-refractivity contribution is 6.08. The molecule has 2 aromatic carbocycles. The Balaban J connectivity index is 1.64. The van der Waals surface area contributed by atoms with E-state index in [4.69, 9.17) is 4.74 Å². The van der Waals surface area contributed by atoms with Crippen LogP contribution in [-0.2, 0) is 0 Å². The smallest absolute Gasteiger partial charge is 0.251 e. The van der Waals surface area contributed by atoms with Crippen LogP contribution in [0.25, 0.3) is 10.8 Å². The van der Waals surface area contributed by atoms with Crippen LogP contribution >= 0.6 is 0 Å². The molecule has 0 bridgehead atoms. The third-order valence-electron chi connectivity index (χ3n) is 4.94. The van der Waals surface area contributed by atoms with E-state index < -0.39 is 0 Å². The molecular weight excluding hydrogens is 300 g/mol. The van der Waals surface area contributed by atoms with E-state index in [-0.39, 0.29) is 5.91 Å². The molecular formula is C20H26N2O2. The predicted octanol–water partition coefficient (Wildman–Crippen LogP) is 3.31. The molecule has 0 aliphatic carbocycles. The average molecular weight is 326 g/mol. The summed E-state index contributed by atoms with van der Waals surface area (Å²) < 4.78 is 5.39. The van der Waals surface area contributed by atoms with Gasteiger partial charge >= 0.3 is 0 Å². The third kappa shape index (κ3) is 3.70. The van der Waals surface area contributed by atoms with Gasteiger partial charge < -0.3 is 15.0 Å². The topological polar surface area (TPSA) is 41.6 Å². The number of rotatable bonds is 5. The maximum Gasteiger partial charge on any atom is 0.251 e. The van der Waals surface area contributed by atoms with Gasteiger partial charge in [-0.1, -0.05) is 31.2 Å². The van der Waals surface area contributed by atoms with Crippen molar-refractivity contribution in [2.45, 2.75) is 19.8 Å². The van der Waals surface area contributed by atoms with Gasteiger partial charge in [0, 0.05) is 24.0 Å². The molecule has 1 aliphatic rings. The second-order valence-corrected chi connectivity index (χ2v) is 6.64. The van der Waals surface area contributed by atoms with Crippen LogP contribution < -0.4 is 10.1 Å². The van der Waals surface area contributed by atoms with Gasteiger partial charge in [-0.15, -0.1) is 0 Å². The molecule has 1 amide bonds. The van der Waals surface area contributed by atoms with Gasteiger partial charge in [-0.3, -0.25) is 4.79 Å². The lowest BCUT2D eigenvalue weighted by molar-refractivity contribution is 0.0946. The highest BCUT2D eigenvalue weighted by atomic mass is 16.5. The average Bonchev–Trinajstić information content (AvgIpc) is 2.62. The number of ether oxygens (including phenoxy) is 1. The van der Waals surface area contributed by atoms with Crippen molar-refractivity contribution < 1.29 is 9.53 Å². The van der Waals surface area contributed by atoms with Crippen molar-refractivity contribution in [3.05, 3.63) is 42.0 Å². The quantitative estimate of drug-likeness (QED) is 0.916. The molecule has 0 spiro atoms. The number of methoxy groups -OCH3 is 1. The number of nitrogens with zero attached hydrogens (tertiary/aromatic N) is 1. The van der Waals surface area contributed by atoms with Crippen LogP contribution in [0, 0.1) is 5.92 Å². The number of piperidine rings is 1. The summed E-state index contributed by atoms with van der Waals surface area (Å²) in [5, 5.41) is 4.97. The first kappa shape index (κ1) is 16.8. The largest absolute Gasteiger partial charge is 0.496 e. The van der Waals surface area contributed by atoms with Crippen molar-refractivity contribution >= 4 is 16.7 Å². The van der Waals surface area contributed by atoms with Crippen LogP contribution in [0.5, 0.6) is 5.75 Å². The van der Waals surface area contributed by atoms with Crippen LogP contribution in [-0.4, -0.2) is 44.1 Å². The van der Waals surface area contributed by atoms with Gasteiger partial charge in [0.15, 0.2) is 0 Å². The Labute approximate surface area is 143 Å². The van der Waals surface area contributed by atoms with Crippen LogP contribution in [0.2, 0.25) is 0 Å². The first-order chi connectivity index (χ1) is 11.7. The Morgan fingerprint density at radius 2 is 1.88 bits per heavy atom. The number of amides is 1. The lowest BCUT2D eigenvalue weighted by Crippen LogP contribution is -2.39. The predicted molar refractivity (Wildman–Crippen MR) is 97.7 cm³/mol. The Hall–Kier alpha value is -2.07. The molecule has 1 saturated heterocycles. The summed E-state index contributed by atoms with van der Waals surface area (Å²) in [4.78, 5) is 15.0. The van der Waals surface area contributed by atoms with Gasteiger partial charge in [0.05, 0.1) is 7.11 Å². The van der Waals surface area contributed by atoms with Crippen molar-refractivity contribution in [2.24, 2.45) is 5.92 Å². The Morgan fingerprint density at radius 1 is 1.17 bits per heavy atom. The standard InChI is InChI=1S/C20H26N2O2/c1-15-9-12-22(13-10-15)14-11-21-20(23)18-7-8-19(24-2)17-6-4-3-5-16(17)18/h3-8,15H,9-14H2,1-2H3,(H,21,23). The molecule has 1 heterocycles. The maximum absolute atomic E-state index is 12.6. The summed E-state index contributed by atoms with van der Waals surface area (Å²) in [6.07, 6.45) is 2.52. The molecule has 0 unspecified atom stereocenters. The normalized spacial score (nSPS) is 16.2. The van der Waals surface area contributed by atoms with Gasteiger partial charge in [-0.2, -0.15) is 0 Å². The number of carbonyl (C=O) groups is 1. The van der Waals surface area contributed by atoms with E-state index in [9.17, 15) is 4.79 Å². The fourth-order valence-electron chi connectivity index (χ4n) is 3.36. The van der Waals surface area contributed by atoms with Crippen molar-refractivity contribution in [1.82, 2.24) is 10.2 Å². The molecule has 3 rings (SSSR count). The number of carbonyl (C=O) groups excluding carboxylic acids is 1.